The number of hydrogen-bond donors (Lipinski definition) is 0. The Bertz CT molecular complexity index is 220. The highest BCUT2D eigenvalue weighted by atomic mass is 127. The van der Waals surface area contributed by atoms with E-state index in [-0.39, 0.29) is 5.41 Å². The van der Waals surface area contributed by atoms with Gasteiger partial charge in [0.1, 0.15) is 0 Å². The molecule has 0 bridgehead atoms. The number of halogens is 1. The maximum Gasteiger partial charge on any atom is 0.0274 e. The third-order valence-corrected chi connectivity index (χ3v) is 5.35. The van der Waals surface area contributed by atoms with Gasteiger partial charge in [-0.3, -0.25) is 0 Å². The van der Waals surface area contributed by atoms with Gasteiger partial charge in [0.2, 0.25) is 0 Å². The van der Waals surface area contributed by atoms with E-state index in [1.165, 1.54) is 22.7 Å². The fourth-order valence-electron chi connectivity index (χ4n) is 1.19. The SMILES string of the molecule is C=C(C)C(C)(CI)C1=CCCS1. The summed E-state index contributed by atoms with van der Waals surface area (Å²) < 4.78 is 1.14. The summed E-state index contributed by atoms with van der Waals surface area (Å²) in [4.78, 5) is 1.53. The Labute approximate surface area is 93.0 Å². The van der Waals surface area contributed by atoms with Gasteiger partial charge in [-0.05, 0) is 18.2 Å². The minimum Gasteiger partial charge on any atom is -0.130 e. The van der Waals surface area contributed by atoms with Gasteiger partial charge >= 0.3 is 0 Å². The van der Waals surface area contributed by atoms with Crippen molar-refractivity contribution in [3.05, 3.63) is 23.1 Å². The van der Waals surface area contributed by atoms with Crippen LogP contribution in [-0.2, 0) is 0 Å². The van der Waals surface area contributed by atoms with Crippen LogP contribution < -0.4 is 0 Å². The van der Waals surface area contributed by atoms with E-state index >= 15 is 0 Å². The summed E-state index contributed by atoms with van der Waals surface area (Å²) in [5.41, 5.74) is 1.53. The van der Waals surface area contributed by atoms with E-state index in [0.717, 1.165) is 4.43 Å². The second kappa shape index (κ2) is 4.18. The minimum atomic E-state index is 0.238. The van der Waals surface area contributed by atoms with Crippen molar-refractivity contribution in [1.29, 1.82) is 0 Å². The standard InChI is InChI=1S/C10H15IS/c1-8(2)10(3,7-11)9-5-4-6-12-9/h5H,1,4,6-7H2,2-3H3. The molecule has 12 heavy (non-hydrogen) atoms. The van der Waals surface area contributed by atoms with Crippen LogP contribution >= 0.6 is 34.4 Å². The molecule has 0 spiro atoms. The lowest BCUT2D eigenvalue weighted by Crippen LogP contribution is -2.20. The van der Waals surface area contributed by atoms with Gasteiger partial charge in [-0.25, -0.2) is 0 Å². The maximum absolute atomic E-state index is 4.08. The van der Waals surface area contributed by atoms with Crippen molar-refractivity contribution in [2.24, 2.45) is 5.41 Å². The van der Waals surface area contributed by atoms with Gasteiger partial charge in [0.15, 0.2) is 0 Å². The Morgan fingerprint density at radius 3 is 2.83 bits per heavy atom. The summed E-state index contributed by atoms with van der Waals surface area (Å²) >= 11 is 4.45. The van der Waals surface area contributed by atoms with E-state index in [4.69, 9.17) is 0 Å². The molecular formula is C10H15IS. The molecule has 0 amide bonds. The van der Waals surface area contributed by atoms with E-state index in [0.29, 0.717) is 0 Å². The molecule has 0 N–H and O–H groups in total. The van der Waals surface area contributed by atoms with Crippen LogP contribution in [0.25, 0.3) is 0 Å². The molecule has 0 saturated carbocycles. The first-order valence-electron chi connectivity index (χ1n) is 4.16. The van der Waals surface area contributed by atoms with Crippen LogP contribution in [0.5, 0.6) is 0 Å². The summed E-state index contributed by atoms with van der Waals surface area (Å²) in [6.45, 7) is 8.52. The molecule has 1 aliphatic heterocycles. The van der Waals surface area contributed by atoms with Crippen molar-refractivity contribution in [1.82, 2.24) is 0 Å². The number of rotatable bonds is 3. The van der Waals surface area contributed by atoms with E-state index < -0.39 is 0 Å². The van der Waals surface area contributed by atoms with Gasteiger partial charge in [0.05, 0.1) is 0 Å². The smallest absolute Gasteiger partial charge is 0.0274 e. The van der Waals surface area contributed by atoms with Gasteiger partial charge in [0, 0.05) is 15.6 Å². The molecule has 1 heterocycles. The average Bonchev–Trinajstić information content (AvgIpc) is 2.54. The minimum absolute atomic E-state index is 0.238. The molecule has 0 aromatic rings. The van der Waals surface area contributed by atoms with Gasteiger partial charge in [-0.15, -0.1) is 11.8 Å². The first kappa shape index (κ1) is 10.6. The summed E-state index contributed by atoms with van der Waals surface area (Å²) in [5.74, 6) is 1.26. The normalized spacial score (nSPS) is 21.8. The van der Waals surface area contributed by atoms with Crippen molar-refractivity contribution in [3.8, 4) is 0 Å². The zero-order valence-corrected chi connectivity index (χ0v) is 10.7. The molecule has 0 aromatic carbocycles. The third-order valence-electron chi connectivity index (χ3n) is 2.46. The summed E-state index contributed by atoms with van der Waals surface area (Å²) in [6, 6.07) is 0. The van der Waals surface area contributed by atoms with E-state index in [1.807, 2.05) is 11.8 Å². The molecule has 0 fully saturated rings. The van der Waals surface area contributed by atoms with Crippen LogP contribution in [-0.4, -0.2) is 10.2 Å². The zero-order valence-electron chi connectivity index (χ0n) is 7.69. The first-order chi connectivity index (χ1) is 5.61. The highest BCUT2D eigenvalue weighted by Crippen LogP contribution is 2.45. The van der Waals surface area contributed by atoms with Gasteiger partial charge in [-0.2, -0.15) is 0 Å². The summed E-state index contributed by atoms with van der Waals surface area (Å²) in [6.07, 6.45) is 3.61. The molecule has 0 nitrogen and oxygen atoms in total. The Morgan fingerprint density at radius 1 is 1.83 bits per heavy atom. The van der Waals surface area contributed by atoms with Crippen molar-refractivity contribution in [3.63, 3.8) is 0 Å². The molecule has 1 unspecified atom stereocenters. The summed E-state index contributed by atoms with van der Waals surface area (Å²) in [7, 11) is 0. The Kier molecular flexibility index (Phi) is 3.71. The number of hydrogen-bond acceptors (Lipinski definition) is 1. The number of thioether (sulfide) groups is 1. The van der Waals surface area contributed by atoms with E-state index in [9.17, 15) is 0 Å². The van der Waals surface area contributed by atoms with Crippen LogP contribution in [0.1, 0.15) is 20.3 Å². The molecular weight excluding hydrogens is 279 g/mol. The molecule has 0 radical (unpaired) electrons. The lowest BCUT2D eigenvalue weighted by atomic mass is 9.85. The maximum atomic E-state index is 4.08. The van der Waals surface area contributed by atoms with Crippen molar-refractivity contribution >= 4 is 34.4 Å². The van der Waals surface area contributed by atoms with E-state index in [1.54, 1.807) is 0 Å². The number of alkyl halides is 1. The zero-order chi connectivity index (χ0) is 9.19. The lowest BCUT2D eigenvalue weighted by Gasteiger charge is -2.29. The van der Waals surface area contributed by atoms with E-state index in [2.05, 4.69) is 49.1 Å². The number of allylic oxidation sites excluding steroid dienone is 3. The second-order valence-electron chi connectivity index (χ2n) is 3.45. The van der Waals surface area contributed by atoms with Crippen LogP contribution in [0.15, 0.2) is 23.1 Å². The summed E-state index contributed by atoms with van der Waals surface area (Å²) in [5, 5.41) is 0. The highest BCUT2D eigenvalue weighted by molar-refractivity contribution is 14.1. The fraction of sp³-hybridized carbons (Fsp3) is 0.600. The molecule has 2 heteroatoms. The molecule has 0 saturated heterocycles. The topological polar surface area (TPSA) is 0 Å². The Morgan fingerprint density at radius 2 is 2.50 bits per heavy atom. The Hall–Kier alpha value is 0.560. The van der Waals surface area contributed by atoms with Crippen LogP contribution in [0.2, 0.25) is 0 Å². The molecule has 1 aliphatic rings. The van der Waals surface area contributed by atoms with Gasteiger partial charge in [0.25, 0.3) is 0 Å². The lowest BCUT2D eigenvalue weighted by molar-refractivity contribution is 0.593. The van der Waals surface area contributed by atoms with Crippen molar-refractivity contribution in [2.45, 2.75) is 20.3 Å². The predicted molar refractivity (Wildman–Crippen MR) is 67.0 cm³/mol. The fourth-order valence-corrected chi connectivity index (χ4v) is 3.77. The average molecular weight is 294 g/mol. The van der Waals surface area contributed by atoms with Gasteiger partial charge < -0.3 is 0 Å². The van der Waals surface area contributed by atoms with Crippen molar-refractivity contribution < 1.29 is 0 Å². The van der Waals surface area contributed by atoms with Gasteiger partial charge in [-0.1, -0.05) is 47.7 Å². The molecule has 0 aromatic heterocycles. The van der Waals surface area contributed by atoms with Crippen LogP contribution in [0.4, 0.5) is 0 Å². The molecule has 1 rings (SSSR count). The monoisotopic (exact) mass is 294 g/mol. The quantitative estimate of drug-likeness (QED) is 0.430. The van der Waals surface area contributed by atoms with Crippen molar-refractivity contribution in [2.75, 3.05) is 10.2 Å². The highest BCUT2D eigenvalue weighted by Gasteiger charge is 2.30. The van der Waals surface area contributed by atoms with Crippen LogP contribution in [0.3, 0.4) is 0 Å². The predicted octanol–water partition coefficient (Wildman–Crippen LogP) is 4.02. The largest absolute Gasteiger partial charge is 0.130 e. The molecule has 1 atom stereocenters. The third kappa shape index (κ3) is 1.90. The van der Waals surface area contributed by atoms with Crippen LogP contribution in [0, 0.1) is 5.41 Å². The Balaban J connectivity index is 2.85. The first-order valence-corrected chi connectivity index (χ1v) is 6.68. The molecule has 0 aliphatic carbocycles. The molecule has 68 valence electrons. The second-order valence-corrected chi connectivity index (χ2v) is 5.35.